The Morgan fingerprint density at radius 1 is 1.55 bits per heavy atom. The van der Waals surface area contributed by atoms with Gasteiger partial charge in [-0.2, -0.15) is 5.26 Å². The van der Waals surface area contributed by atoms with Gasteiger partial charge in [0.25, 0.3) is 0 Å². The Bertz CT molecular complexity index is 716. The molecule has 0 spiro atoms. The van der Waals surface area contributed by atoms with Crippen LogP contribution in [0.15, 0.2) is 47.1 Å². The summed E-state index contributed by atoms with van der Waals surface area (Å²) in [5, 5.41) is 9.43. The molecule has 0 aromatic heterocycles. The zero-order valence-electron chi connectivity index (χ0n) is 12.2. The summed E-state index contributed by atoms with van der Waals surface area (Å²) in [5.41, 5.74) is 7.16. The number of esters is 1. The fourth-order valence-corrected chi connectivity index (χ4v) is 2.94. The van der Waals surface area contributed by atoms with E-state index in [9.17, 15) is 10.1 Å². The normalized spacial score (nSPS) is 17.8. The maximum atomic E-state index is 12.3. The minimum atomic E-state index is -0.576. The molecule has 0 saturated carbocycles. The van der Waals surface area contributed by atoms with Crippen LogP contribution in [0.3, 0.4) is 0 Å². The topological polar surface area (TPSA) is 85.3 Å². The van der Waals surface area contributed by atoms with Crippen LogP contribution < -0.4 is 5.73 Å². The molecule has 1 aliphatic rings. The first kappa shape index (κ1) is 16.4. The third-order valence-corrected chi connectivity index (χ3v) is 3.95. The second kappa shape index (κ2) is 6.83. The van der Waals surface area contributed by atoms with Crippen molar-refractivity contribution in [2.45, 2.75) is 19.8 Å². The molecule has 0 saturated heterocycles. The van der Waals surface area contributed by atoms with Crippen LogP contribution in [0.1, 0.15) is 25.3 Å². The molecule has 1 aromatic rings. The number of halogens is 1. The number of hydrogen-bond donors (Lipinski definition) is 1. The second-order valence-electron chi connectivity index (χ2n) is 4.67. The van der Waals surface area contributed by atoms with Crippen LogP contribution in [0.5, 0.6) is 0 Å². The van der Waals surface area contributed by atoms with Gasteiger partial charge in [-0.15, -0.1) is 0 Å². The summed E-state index contributed by atoms with van der Waals surface area (Å²) >= 11 is 2.18. The first-order chi connectivity index (χ1) is 10.5. The number of nitriles is 1. The summed E-state index contributed by atoms with van der Waals surface area (Å²) in [5.74, 6) is -0.688. The highest BCUT2D eigenvalue weighted by Crippen LogP contribution is 2.39. The Morgan fingerprint density at radius 2 is 2.27 bits per heavy atom. The molecule has 22 heavy (non-hydrogen) atoms. The number of carbonyl (C=O) groups excluding carboxylic acids is 1. The van der Waals surface area contributed by atoms with E-state index >= 15 is 0 Å². The van der Waals surface area contributed by atoms with Crippen molar-refractivity contribution in [3.8, 4) is 6.07 Å². The first-order valence-corrected chi connectivity index (χ1v) is 7.78. The largest absolute Gasteiger partial charge is 0.463 e. The van der Waals surface area contributed by atoms with Crippen molar-refractivity contribution >= 4 is 28.6 Å². The monoisotopic (exact) mass is 410 g/mol. The van der Waals surface area contributed by atoms with Crippen LogP contribution in [-0.2, 0) is 14.3 Å². The molecule has 0 radical (unpaired) electrons. The van der Waals surface area contributed by atoms with Gasteiger partial charge in [-0.05, 0) is 54.1 Å². The number of ether oxygens (including phenoxy) is 2. The molecule has 0 fully saturated rings. The molecule has 6 heteroatoms. The van der Waals surface area contributed by atoms with Crippen molar-refractivity contribution in [2.24, 2.45) is 5.73 Å². The fourth-order valence-electron chi connectivity index (χ4n) is 2.37. The van der Waals surface area contributed by atoms with Gasteiger partial charge in [0, 0.05) is 3.57 Å². The molecule has 0 amide bonds. The van der Waals surface area contributed by atoms with Crippen molar-refractivity contribution in [3.63, 3.8) is 0 Å². The highest BCUT2D eigenvalue weighted by atomic mass is 127. The minimum Gasteiger partial charge on any atom is -0.463 e. The summed E-state index contributed by atoms with van der Waals surface area (Å²) in [6.45, 7) is 3.62. The third kappa shape index (κ3) is 3.09. The third-order valence-electron chi connectivity index (χ3n) is 3.28. The van der Waals surface area contributed by atoms with Crippen molar-refractivity contribution in [1.29, 1.82) is 5.26 Å². The number of rotatable bonds is 3. The number of hydrogen-bond acceptors (Lipinski definition) is 5. The van der Waals surface area contributed by atoms with Crippen molar-refractivity contribution in [1.82, 2.24) is 0 Å². The zero-order chi connectivity index (χ0) is 16.3. The van der Waals surface area contributed by atoms with E-state index in [0.29, 0.717) is 11.3 Å². The molecule has 1 aliphatic heterocycles. The molecule has 1 aromatic carbocycles. The lowest BCUT2D eigenvalue weighted by molar-refractivity contribution is -0.139. The Hall–Kier alpha value is -2.01. The number of allylic oxidation sites excluding steroid dienone is 2. The molecule has 1 heterocycles. The lowest BCUT2D eigenvalue weighted by Gasteiger charge is -2.26. The van der Waals surface area contributed by atoms with E-state index in [4.69, 9.17) is 15.2 Å². The summed E-state index contributed by atoms with van der Waals surface area (Å²) in [4.78, 5) is 12.3. The van der Waals surface area contributed by atoms with E-state index in [2.05, 4.69) is 28.7 Å². The van der Waals surface area contributed by atoms with E-state index < -0.39 is 11.9 Å². The number of benzene rings is 1. The van der Waals surface area contributed by atoms with Gasteiger partial charge in [-0.1, -0.05) is 12.1 Å². The first-order valence-electron chi connectivity index (χ1n) is 6.70. The van der Waals surface area contributed by atoms with Crippen LogP contribution in [0.2, 0.25) is 0 Å². The Labute approximate surface area is 142 Å². The Kier molecular flexibility index (Phi) is 5.08. The quantitative estimate of drug-likeness (QED) is 0.612. The van der Waals surface area contributed by atoms with E-state index in [1.54, 1.807) is 13.8 Å². The van der Waals surface area contributed by atoms with E-state index in [1.165, 1.54) is 0 Å². The van der Waals surface area contributed by atoms with Crippen LogP contribution in [0.4, 0.5) is 0 Å². The maximum absolute atomic E-state index is 12.3. The predicted octanol–water partition coefficient (Wildman–Crippen LogP) is 2.94. The van der Waals surface area contributed by atoms with Gasteiger partial charge >= 0.3 is 5.97 Å². The van der Waals surface area contributed by atoms with Gasteiger partial charge in [0.2, 0.25) is 5.88 Å². The molecular weight excluding hydrogens is 395 g/mol. The van der Waals surface area contributed by atoms with E-state index in [-0.39, 0.29) is 18.1 Å². The molecule has 0 aliphatic carbocycles. The minimum absolute atomic E-state index is 0.0249. The summed E-state index contributed by atoms with van der Waals surface area (Å²) < 4.78 is 11.5. The fraction of sp³-hybridized carbons (Fsp3) is 0.250. The molecule has 1 atom stereocenters. The second-order valence-corrected chi connectivity index (χ2v) is 5.92. The lowest BCUT2D eigenvalue weighted by atomic mass is 9.83. The Morgan fingerprint density at radius 3 is 2.86 bits per heavy atom. The highest BCUT2D eigenvalue weighted by molar-refractivity contribution is 14.1. The average Bonchev–Trinajstić information content (AvgIpc) is 2.46. The molecule has 5 nitrogen and oxygen atoms in total. The van der Waals surface area contributed by atoms with Crippen LogP contribution in [0.25, 0.3) is 0 Å². The maximum Gasteiger partial charge on any atom is 0.338 e. The lowest BCUT2D eigenvalue weighted by Crippen LogP contribution is -2.25. The number of nitrogens with zero attached hydrogens (tertiary/aromatic N) is 1. The van der Waals surface area contributed by atoms with Crippen molar-refractivity contribution in [3.05, 3.63) is 56.2 Å². The van der Waals surface area contributed by atoms with E-state index in [1.807, 2.05) is 24.3 Å². The van der Waals surface area contributed by atoms with Crippen LogP contribution in [-0.4, -0.2) is 12.6 Å². The molecule has 114 valence electrons. The SMILES string of the molecule is CCOC(=O)C1=C(C)OC(N)=C(C#N)[C@@H]1c1cccc(I)c1. The van der Waals surface area contributed by atoms with Crippen molar-refractivity contribution in [2.75, 3.05) is 6.61 Å². The smallest absolute Gasteiger partial charge is 0.338 e. The average molecular weight is 410 g/mol. The van der Waals surface area contributed by atoms with Gasteiger partial charge < -0.3 is 15.2 Å². The predicted molar refractivity (Wildman–Crippen MR) is 89.1 cm³/mol. The molecule has 0 bridgehead atoms. The highest BCUT2D eigenvalue weighted by Gasteiger charge is 2.36. The van der Waals surface area contributed by atoms with Gasteiger partial charge in [0.05, 0.1) is 18.1 Å². The number of nitrogens with two attached hydrogens (primary N) is 1. The molecular formula is C16H15IN2O3. The van der Waals surface area contributed by atoms with Gasteiger partial charge in [0.15, 0.2) is 0 Å². The molecule has 0 unspecified atom stereocenters. The standard InChI is InChI=1S/C16H15IN2O3/c1-3-21-16(20)13-9(2)22-15(19)12(8-18)14(13)10-5-4-6-11(17)7-10/h4-7,14H,3,19H2,1-2H3/t14-/m0/s1. The number of carbonyl (C=O) groups is 1. The van der Waals surface area contributed by atoms with Crippen LogP contribution >= 0.6 is 22.6 Å². The van der Waals surface area contributed by atoms with Crippen molar-refractivity contribution < 1.29 is 14.3 Å². The molecule has 2 rings (SSSR count). The summed E-state index contributed by atoms with van der Waals surface area (Å²) in [7, 11) is 0. The molecule has 2 N–H and O–H groups in total. The summed E-state index contributed by atoms with van der Waals surface area (Å²) in [6.07, 6.45) is 0. The van der Waals surface area contributed by atoms with E-state index in [0.717, 1.165) is 9.13 Å². The van der Waals surface area contributed by atoms with Crippen LogP contribution in [0, 0.1) is 14.9 Å². The summed E-state index contributed by atoms with van der Waals surface area (Å²) in [6, 6.07) is 9.63. The van der Waals surface area contributed by atoms with Gasteiger partial charge in [-0.3, -0.25) is 0 Å². The Balaban J connectivity index is 2.62. The van der Waals surface area contributed by atoms with Gasteiger partial charge in [0.1, 0.15) is 17.4 Å². The van der Waals surface area contributed by atoms with Gasteiger partial charge in [-0.25, -0.2) is 4.79 Å². The zero-order valence-corrected chi connectivity index (χ0v) is 14.4.